The summed E-state index contributed by atoms with van der Waals surface area (Å²) in [7, 11) is 0. The van der Waals surface area contributed by atoms with Crippen molar-refractivity contribution < 1.29 is 9.59 Å². The maximum Gasteiger partial charge on any atom is 0.252 e. The van der Waals surface area contributed by atoms with Crippen LogP contribution in [0.1, 0.15) is 23.2 Å². The molecule has 1 aliphatic heterocycles. The summed E-state index contributed by atoms with van der Waals surface area (Å²) in [6.45, 7) is 2.60. The summed E-state index contributed by atoms with van der Waals surface area (Å²) in [5, 5.41) is 8.81. The smallest absolute Gasteiger partial charge is 0.252 e. The number of rotatable bonds is 5. The summed E-state index contributed by atoms with van der Waals surface area (Å²) in [5.41, 5.74) is 0.523. The topological polar surface area (TPSA) is 83.1 Å². The van der Waals surface area contributed by atoms with Gasteiger partial charge in [-0.15, -0.1) is 24.8 Å². The highest BCUT2D eigenvalue weighted by molar-refractivity contribution is 5.93. The normalized spacial score (nSPS) is 16.6. The van der Waals surface area contributed by atoms with Gasteiger partial charge in [0, 0.05) is 32.0 Å². The van der Waals surface area contributed by atoms with E-state index in [2.05, 4.69) is 20.9 Å². The number of pyridine rings is 1. The van der Waals surface area contributed by atoms with E-state index < -0.39 is 0 Å². The maximum absolute atomic E-state index is 11.8. The molecule has 2 amide bonds. The molecule has 1 aromatic heterocycles. The number of hydrogen-bond acceptors (Lipinski definition) is 4. The fraction of sp³-hybridized carbons (Fsp3) is 0.500. The Hall–Kier alpha value is -1.37. The molecule has 22 heavy (non-hydrogen) atoms. The van der Waals surface area contributed by atoms with Crippen molar-refractivity contribution >= 4 is 36.6 Å². The van der Waals surface area contributed by atoms with Crippen molar-refractivity contribution in [3.05, 3.63) is 30.1 Å². The van der Waals surface area contributed by atoms with Crippen molar-refractivity contribution in [2.75, 3.05) is 26.2 Å². The summed E-state index contributed by atoms with van der Waals surface area (Å²) in [6, 6.07) is 3.42. The average molecular weight is 349 g/mol. The fourth-order valence-electron chi connectivity index (χ4n) is 2.18. The molecule has 2 rings (SSSR count). The Kier molecular flexibility index (Phi) is 10.5. The van der Waals surface area contributed by atoms with E-state index in [0.717, 1.165) is 25.9 Å². The Morgan fingerprint density at radius 3 is 2.68 bits per heavy atom. The van der Waals surface area contributed by atoms with Crippen molar-refractivity contribution in [1.29, 1.82) is 0 Å². The predicted molar refractivity (Wildman–Crippen MR) is 89.7 cm³/mol. The van der Waals surface area contributed by atoms with E-state index in [1.165, 1.54) is 6.20 Å². The van der Waals surface area contributed by atoms with Crippen LogP contribution in [0.25, 0.3) is 0 Å². The molecule has 8 heteroatoms. The first-order valence-corrected chi connectivity index (χ1v) is 6.94. The standard InChI is InChI=1S/C14H20N4O2.2ClH/c19-13(11-3-1-5-15-9-11)17-7-8-18-14(20)12-4-2-6-16-10-12;;/h1,3,5,9,12,16H,2,4,6-8,10H2,(H,17,19)(H,18,20);2*1H. The number of piperidine rings is 1. The molecule has 3 N–H and O–H groups in total. The van der Waals surface area contributed by atoms with Gasteiger partial charge in [-0.2, -0.15) is 0 Å². The van der Waals surface area contributed by atoms with E-state index in [-0.39, 0.29) is 42.5 Å². The quantitative estimate of drug-likeness (QED) is 0.686. The molecule has 1 aliphatic rings. The molecule has 0 bridgehead atoms. The zero-order valence-corrected chi connectivity index (χ0v) is 13.8. The van der Waals surface area contributed by atoms with Crippen LogP contribution in [-0.2, 0) is 4.79 Å². The molecule has 0 spiro atoms. The Bertz CT molecular complexity index is 453. The van der Waals surface area contributed by atoms with Gasteiger partial charge in [0.25, 0.3) is 5.91 Å². The lowest BCUT2D eigenvalue weighted by atomic mass is 9.99. The third-order valence-corrected chi connectivity index (χ3v) is 3.30. The SMILES string of the molecule is Cl.Cl.O=C(NCCNC(=O)C1CCCNC1)c1cccnc1. The van der Waals surface area contributed by atoms with Gasteiger partial charge in [-0.1, -0.05) is 0 Å². The van der Waals surface area contributed by atoms with Gasteiger partial charge in [-0.05, 0) is 31.5 Å². The molecule has 2 heterocycles. The molecule has 1 unspecified atom stereocenters. The molecule has 0 radical (unpaired) electrons. The Morgan fingerprint density at radius 1 is 1.27 bits per heavy atom. The lowest BCUT2D eigenvalue weighted by Gasteiger charge is -2.21. The lowest BCUT2D eigenvalue weighted by molar-refractivity contribution is -0.125. The van der Waals surface area contributed by atoms with Gasteiger partial charge in [0.1, 0.15) is 0 Å². The van der Waals surface area contributed by atoms with Gasteiger partial charge >= 0.3 is 0 Å². The van der Waals surface area contributed by atoms with Gasteiger partial charge in [-0.3, -0.25) is 14.6 Å². The molecule has 1 saturated heterocycles. The van der Waals surface area contributed by atoms with Gasteiger partial charge in [0.15, 0.2) is 0 Å². The minimum atomic E-state index is -0.174. The van der Waals surface area contributed by atoms with Crippen LogP contribution in [0, 0.1) is 5.92 Å². The second-order valence-electron chi connectivity index (χ2n) is 4.83. The lowest BCUT2D eigenvalue weighted by Crippen LogP contribution is -2.42. The molecule has 6 nitrogen and oxygen atoms in total. The van der Waals surface area contributed by atoms with Crippen LogP contribution in [0.4, 0.5) is 0 Å². The van der Waals surface area contributed by atoms with Crippen LogP contribution in [0.5, 0.6) is 0 Å². The van der Waals surface area contributed by atoms with Crippen LogP contribution < -0.4 is 16.0 Å². The average Bonchev–Trinajstić information content (AvgIpc) is 2.53. The second-order valence-corrected chi connectivity index (χ2v) is 4.83. The molecule has 1 aromatic rings. The summed E-state index contributed by atoms with van der Waals surface area (Å²) in [4.78, 5) is 27.4. The van der Waals surface area contributed by atoms with Crippen LogP contribution >= 0.6 is 24.8 Å². The predicted octanol–water partition coefficient (Wildman–Crippen LogP) is 0.771. The highest BCUT2D eigenvalue weighted by Crippen LogP contribution is 2.09. The van der Waals surface area contributed by atoms with Crippen LogP contribution in [0.2, 0.25) is 0 Å². The van der Waals surface area contributed by atoms with Crippen molar-refractivity contribution in [3.63, 3.8) is 0 Å². The van der Waals surface area contributed by atoms with Gasteiger partial charge in [-0.25, -0.2) is 0 Å². The number of carbonyl (C=O) groups is 2. The Labute approximate surface area is 142 Å². The number of amides is 2. The first-order valence-electron chi connectivity index (χ1n) is 6.94. The minimum absolute atomic E-state index is 0. The molecule has 0 aliphatic carbocycles. The van der Waals surface area contributed by atoms with Crippen molar-refractivity contribution in [1.82, 2.24) is 20.9 Å². The molecular weight excluding hydrogens is 327 g/mol. The first-order chi connectivity index (χ1) is 9.77. The zero-order valence-electron chi connectivity index (χ0n) is 12.2. The van der Waals surface area contributed by atoms with Crippen molar-refractivity contribution in [2.24, 2.45) is 5.92 Å². The highest BCUT2D eigenvalue weighted by atomic mass is 35.5. The van der Waals surface area contributed by atoms with E-state index in [1.54, 1.807) is 18.3 Å². The number of carbonyl (C=O) groups excluding carboxylic acids is 2. The summed E-state index contributed by atoms with van der Waals surface area (Å²) in [6.07, 6.45) is 5.10. The molecular formula is C14H22Cl2N4O2. The highest BCUT2D eigenvalue weighted by Gasteiger charge is 2.20. The molecule has 1 fully saturated rings. The van der Waals surface area contributed by atoms with Crippen molar-refractivity contribution in [2.45, 2.75) is 12.8 Å². The number of halogens is 2. The maximum atomic E-state index is 11.8. The van der Waals surface area contributed by atoms with E-state index in [1.807, 2.05) is 0 Å². The number of aromatic nitrogens is 1. The zero-order chi connectivity index (χ0) is 14.2. The van der Waals surface area contributed by atoms with Gasteiger partial charge in [0.05, 0.1) is 11.5 Å². The number of nitrogens with one attached hydrogen (secondary N) is 3. The fourth-order valence-corrected chi connectivity index (χ4v) is 2.18. The van der Waals surface area contributed by atoms with Crippen LogP contribution in [-0.4, -0.2) is 43.0 Å². The number of nitrogens with zero attached hydrogens (tertiary/aromatic N) is 1. The van der Waals surface area contributed by atoms with Crippen LogP contribution in [0.3, 0.4) is 0 Å². The Morgan fingerprint density at radius 2 is 2.05 bits per heavy atom. The van der Waals surface area contributed by atoms with E-state index in [4.69, 9.17) is 0 Å². The second kappa shape index (κ2) is 11.2. The summed E-state index contributed by atoms with van der Waals surface area (Å²) < 4.78 is 0. The van der Waals surface area contributed by atoms with Crippen molar-refractivity contribution in [3.8, 4) is 0 Å². The van der Waals surface area contributed by atoms with E-state index in [0.29, 0.717) is 18.7 Å². The molecule has 124 valence electrons. The number of hydrogen-bond donors (Lipinski definition) is 3. The third-order valence-electron chi connectivity index (χ3n) is 3.30. The summed E-state index contributed by atoms with van der Waals surface area (Å²) >= 11 is 0. The van der Waals surface area contributed by atoms with E-state index >= 15 is 0 Å². The monoisotopic (exact) mass is 348 g/mol. The summed E-state index contributed by atoms with van der Waals surface area (Å²) in [5.74, 6) is -0.0581. The van der Waals surface area contributed by atoms with Crippen LogP contribution in [0.15, 0.2) is 24.5 Å². The van der Waals surface area contributed by atoms with Gasteiger partial charge < -0.3 is 16.0 Å². The molecule has 1 atom stereocenters. The third kappa shape index (κ3) is 6.60. The van der Waals surface area contributed by atoms with E-state index in [9.17, 15) is 9.59 Å². The largest absolute Gasteiger partial charge is 0.354 e. The Balaban J connectivity index is 0.00000220. The molecule has 0 aromatic carbocycles. The minimum Gasteiger partial charge on any atom is -0.354 e. The first kappa shape index (κ1) is 20.6. The molecule has 0 saturated carbocycles. The van der Waals surface area contributed by atoms with Gasteiger partial charge in [0.2, 0.25) is 5.91 Å².